The van der Waals surface area contributed by atoms with Crippen LogP contribution < -0.4 is 5.73 Å². The molecule has 1 aromatic heterocycles. The molecule has 0 radical (unpaired) electrons. The Labute approximate surface area is 111 Å². The SMILES string of the molecule is Cc1nc(CC(CN)Cc2ccccc2F)cs1. The number of hydrogen-bond donors (Lipinski definition) is 1. The number of hydrogen-bond acceptors (Lipinski definition) is 3. The third kappa shape index (κ3) is 3.37. The van der Waals surface area contributed by atoms with Crippen molar-refractivity contribution in [3.63, 3.8) is 0 Å². The average Bonchev–Trinajstić information content (AvgIpc) is 2.76. The van der Waals surface area contributed by atoms with Crippen LogP contribution in [0.3, 0.4) is 0 Å². The van der Waals surface area contributed by atoms with E-state index in [1.165, 1.54) is 6.07 Å². The van der Waals surface area contributed by atoms with Crippen LogP contribution >= 0.6 is 11.3 Å². The number of nitrogens with zero attached hydrogens (tertiary/aromatic N) is 1. The second-order valence-corrected chi connectivity index (χ2v) is 5.52. The molecule has 2 nitrogen and oxygen atoms in total. The smallest absolute Gasteiger partial charge is 0.126 e. The molecule has 2 N–H and O–H groups in total. The normalized spacial score (nSPS) is 12.6. The molecule has 4 heteroatoms. The van der Waals surface area contributed by atoms with Crippen molar-refractivity contribution in [2.75, 3.05) is 6.54 Å². The molecule has 1 atom stereocenters. The van der Waals surface area contributed by atoms with E-state index >= 15 is 0 Å². The second-order valence-electron chi connectivity index (χ2n) is 4.46. The first-order valence-electron chi connectivity index (χ1n) is 6.03. The number of rotatable bonds is 5. The Morgan fingerprint density at radius 3 is 2.72 bits per heavy atom. The summed E-state index contributed by atoms with van der Waals surface area (Å²) in [4.78, 5) is 4.43. The van der Waals surface area contributed by atoms with E-state index in [4.69, 9.17) is 5.73 Å². The molecule has 0 saturated heterocycles. The zero-order chi connectivity index (χ0) is 13.0. The van der Waals surface area contributed by atoms with Gasteiger partial charge in [0.1, 0.15) is 5.82 Å². The topological polar surface area (TPSA) is 38.9 Å². The van der Waals surface area contributed by atoms with Crippen molar-refractivity contribution < 1.29 is 4.39 Å². The van der Waals surface area contributed by atoms with Gasteiger partial charge in [-0.2, -0.15) is 0 Å². The van der Waals surface area contributed by atoms with Gasteiger partial charge in [0, 0.05) is 5.38 Å². The fourth-order valence-corrected chi connectivity index (χ4v) is 2.64. The Morgan fingerprint density at radius 1 is 1.33 bits per heavy atom. The second kappa shape index (κ2) is 6.07. The van der Waals surface area contributed by atoms with E-state index in [0.717, 1.165) is 22.7 Å². The van der Waals surface area contributed by atoms with Crippen molar-refractivity contribution >= 4 is 11.3 Å². The first-order chi connectivity index (χ1) is 8.69. The number of nitrogens with two attached hydrogens (primary N) is 1. The minimum absolute atomic E-state index is 0.148. The predicted octanol–water partition coefficient (Wildman–Crippen LogP) is 2.95. The number of thiazole rings is 1. The van der Waals surface area contributed by atoms with Gasteiger partial charge in [-0.15, -0.1) is 11.3 Å². The van der Waals surface area contributed by atoms with Crippen molar-refractivity contribution in [1.29, 1.82) is 0 Å². The van der Waals surface area contributed by atoms with Crippen molar-refractivity contribution in [2.45, 2.75) is 19.8 Å². The Bertz CT molecular complexity index is 510. The van der Waals surface area contributed by atoms with E-state index in [1.807, 2.05) is 19.1 Å². The Morgan fingerprint density at radius 2 is 2.11 bits per heavy atom. The number of aryl methyl sites for hydroxylation is 1. The fourth-order valence-electron chi connectivity index (χ4n) is 2.01. The van der Waals surface area contributed by atoms with Crippen LogP contribution in [0.1, 0.15) is 16.3 Å². The maximum atomic E-state index is 13.6. The number of benzene rings is 1. The van der Waals surface area contributed by atoms with E-state index < -0.39 is 0 Å². The highest BCUT2D eigenvalue weighted by Gasteiger charge is 2.13. The molecule has 1 aromatic carbocycles. The molecule has 0 aliphatic heterocycles. The van der Waals surface area contributed by atoms with Gasteiger partial charge in [-0.25, -0.2) is 9.37 Å². The average molecular weight is 264 g/mol. The largest absolute Gasteiger partial charge is 0.330 e. The third-order valence-electron chi connectivity index (χ3n) is 2.96. The van der Waals surface area contributed by atoms with Gasteiger partial charge in [0.2, 0.25) is 0 Å². The highest BCUT2D eigenvalue weighted by molar-refractivity contribution is 7.09. The van der Waals surface area contributed by atoms with Gasteiger partial charge in [-0.05, 0) is 43.9 Å². The van der Waals surface area contributed by atoms with E-state index in [-0.39, 0.29) is 11.7 Å². The summed E-state index contributed by atoms with van der Waals surface area (Å²) in [7, 11) is 0. The summed E-state index contributed by atoms with van der Waals surface area (Å²) in [6.45, 7) is 2.54. The maximum Gasteiger partial charge on any atom is 0.126 e. The highest BCUT2D eigenvalue weighted by Crippen LogP contribution is 2.17. The summed E-state index contributed by atoms with van der Waals surface area (Å²) in [5, 5.41) is 3.12. The van der Waals surface area contributed by atoms with Crippen LogP contribution in [0.5, 0.6) is 0 Å². The zero-order valence-corrected chi connectivity index (χ0v) is 11.2. The minimum atomic E-state index is -0.148. The van der Waals surface area contributed by atoms with Crippen molar-refractivity contribution in [3.8, 4) is 0 Å². The van der Waals surface area contributed by atoms with Crippen LogP contribution in [0.15, 0.2) is 29.6 Å². The summed E-state index contributed by atoms with van der Waals surface area (Å²) in [5.74, 6) is 0.0915. The van der Waals surface area contributed by atoms with Crippen LogP contribution in [0.25, 0.3) is 0 Å². The predicted molar refractivity (Wildman–Crippen MR) is 73.2 cm³/mol. The minimum Gasteiger partial charge on any atom is -0.330 e. The van der Waals surface area contributed by atoms with Crippen molar-refractivity contribution in [2.24, 2.45) is 11.7 Å². The van der Waals surface area contributed by atoms with E-state index in [9.17, 15) is 4.39 Å². The molecular weight excluding hydrogens is 247 g/mol. The quantitative estimate of drug-likeness (QED) is 0.901. The van der Waals surface area contributed by atoms with E-state index in [2.05, 4.69) is 10.4 Å². The lowest BCUT2D eigenvalue weighted by atomic mass is 9.95. The first-order valence-corrected chi connectivity index (χ1v) is 6.91. The monoisotopic (exact) mass is 264 g/mol. The van der Waals surface area contributed by atoms with E-state index in [1.54, 1.807) is 17.4 Å². The number of aromatic nitrogens is 1. The molecule has 2 rings (SSSR count). The van der Waals surface area contributed by atoms with Gasteiger partial charge in [-0.1, -0.05) is 18.2 Å². The molecule has 0 aliphatic carbocycles. The molecule has 0 amide bonds. The summed E-state index contributed by atoms with van der Waals surface area (Å²) in [6, 6.07) is 6.89. The van der Waals surface area contributed by atoms with Crippen LogP contribution in [-0.2, 0) is 12.8 Å². The first kappa shape index (κ1) is 13.2. The molecule has 18 heavy (non-hydrogen) atoms. The lowest BCUT2D eigenvalue weighted by molar-refractivity contribution is 0.507. The van der Waals surface area contributed by atoms with Gasteiger partial charge >= 0.3 is 0 Å². The summed E-state index contributed by atoms with van der Waals surface area (Å²) < 4.78 is 13.6. The summed E-state index contributed by atoms with van der Waals surface area (Å²) in [6.07, 6.45) is 1.48. The fraction of sp³-hybridized carbons (Fsp3) is 0.357. The van der Waals surface area contributed by atoms with Crippen LogP contribution in [0, 0.1) is 18.7 Å². The molecule has 1 heterocycles. The van der Waals surface area contributed by atoms with E-state index in [0.29, 0.717) is 13.0 Å². The molecule has 1 unspecified atom stereocenters. The molecule has 0 aliphatic rings. The number of halogens is 1. The Hall–Kier alpha value is -1.26. The van der Waals surface area contributed by atoms with Crippen molar-refractivity contribution in [3.05, 3.63) is 51.7 Å². The summed E-state index contributed by atoms with van der Waals surface area (Å²) in [5.41, 5.74) is 7.57. The van der Waals surface area contributed by atoms with Gasteiger partial charge in [0.25, 0.3) is 0 Å². The Balaban J connectivity index is 2.04. The summed E-state index contributed by atoms with van der Waals surface area (Å²) >= 11 is 1.64. The van der Waals surface area contributed by atoms with Crippen LogP contribution in [0.2, 0.25) is 0 Å². The van der Waals surface area contributed by atoms with Gasteiger partial charge in [0.05, 0.1) is 10.7 Å². The molecule has 2 aromatic rings. The van der Waals surface area contributed by atoms with Crippen LogP contribution in [-0.4, -0.2) is 11.5 Å². The molecule has 0 spiro atoms. The van der Waals surface area contributed by atoms with Gasteiger partial charge < -0.3 is 5.73 Å². The standard InChI is InChI=1S/C14H17FN2S/c1-10-17-13(9-18-10)7-11(8-16)6-12-4-2-3-5-14(12)15/h2-5,9,11H,6-8,16H2,1H3. The Kier molecular flexibility index (Phi) is 4.44. The lowest BCUT2D eigenvalue weighted by Gasteiger charge is -2.13. The molecule has 0 bridgehead atoms. The lowest BCUT2D eigenvalue weighted by Crippen LogP contribution is -2.20. The van der Waals surface area contributed by atoms with Gasteiger partial charge in [-0.3, -0.25) is 0 Å². The zero-order valence-electron chi connectivity index (χ0n) is 10.4. The molecular formula is C14H17FN2S. The molecule has 0 fully saturated rings. The van der Waals surface area contributed by atoms with Crippen molar-refractivity contribution in [1.82, 2.24) is 4.98 Å². The maximum absolute atomic E-state index is 13.6. The molecule has 0 saturated carbocycles. The third-order valence-corrected chi connectivity index (χ3v) is 3.79. The van der Waals surface area contributed by atoms with Gasteiger partial charge in [0.15, 0.2) is 0 Å². The molecule has 96 valence electrons. The van der Waals surface area contributed by atoms with Crippen LogP contribution in [0.4, 0.5) is 4.39 Å². The highest BCUT2D eigenvalue weighted by atomic mass is 32.1.